The van der Waals surface area contributed by atoms with Crippen molar-refractivity contribution in [2.45, 2.75) is 53.4 Å². The first-order chi connectivity index (χ1) is 6.22. The van der Waals surface area contributed by atoms with Crippen molar-refractivity contribution in [2.24, 2.45) is 5.92 Å². The molecular formula is C13H22. The molecule has 0 nitrogen and oxygen atoms in total. The van der Waals surface area contributed by atoms with Gasteiger partial charge >= 0.3 is 0 Å². The molecule has 0 N–H and O–H groups in total. The van der Waals surface area contributed by atoms with Gasteiger partial charge in [-0.05, 0) is 44.1 Å². The Bertz CT molecular complexity index is 230. The summed E-state index contributed by atoms with van der Waals surface area (Å²) < 4.78 is 0. The summed E-state index contributed by atoms with van der Waals surface area (Å²) in [5, 5.41) is 0. The Balaban J connectivity index is 2.88. The smallest absolute Gasteiger partial charge is 0.0168 e. The van der Waals surface area contributed by atoms with Crippen molar-refractivity contribution in [3.8, 4) is 0 Å². The van der Waals surface area contributed by atoms with Crippen LogP contribution in [0.4, 0.5) is 0 Å². The molecule has 13 heavy (non-hydrogen) atoms. The first kappa shape index (κ1) is 10.6. The molecule has 0 saturated carbocycles. The van der Waals surface area contributed by atoms with Crippen LogP contribution in [-0.4, -0.2) is 0 Å². The Labute approximate surface area is 82.7 Å². The highest BCUT2D eigenvalue weighted by atomic mass is 14.2. The minimum Gasteiger partial charge on any atom is -0.0696 e. The topological polar surface area (TPSA) is 0 Å². The molecular weight excluding hydrogens is 156 g/mol. The van der Waals surface area contributed by atoms with E-state index in [9.17, 15) is 0 Å². The van der Waals surface area contributed by atoms with Gasteiger partial charge in [0.2, 0.25) is 0 Å². The molecule has 1 aliphatic carbocycles. The maximum atomic E-state index is 2.43. The molecule has 0 aromatic rings. The molecule has 0 saturated heterocycles. The molecule has 1 unspecified atom stereocenters. The molecule has 0 spiro atoms. The standard InChI is InChI=1S/C13H22/c1-5-11-9-13(7-3)12(6-2)8-10(11)4/h8,11H,5-7,9H2,1-4H3. The van der Waals surface area contributed by atoms with Crippen LogP contribution in [0.3, 0.4) is 0 Å². The summed E-state index contributed by atoms with van der Waals surface area (Å²) >= 11 is 0. The second kappa shape index (κ2) is 4.64. The second-order valence-electron chi connectivity index (χ2n) is 4.03. The minimum absolute atomic E-state index is 0.824. The highest BCUT2D eigenvalue weighted by Crippen LogP contribution is 2.33. The number of allylic oxidation sites excluding steroid dienone is 4. The van der Waals surface area contributed by atoms with E-state index < -0.39 is 0 Å². The van der Waals surface area contributed by atoms with Crippen molar-refractivity contribution >= 4 is 0 Å². The highest BCUT2D eigenvalue weighted by molar-refractivity contribution is 5.34. The average Bonchev–Trinajstić information content (AvgIpc) is 2.17. The average molecular weight is 178 g/mol. The fourth-order valence-corrected chi connectivity index (χ4v) is 2.27. The van der Waals surface area contributed by atoms with Gasteiger partial charge in [0.1, 0.15) is 0 Å². The summed E-state index contributed by atoms with van der Waals surface area (Å²) in [5.74, 6) is 0.824. The van der Waals surface area contributed by atoms with Gasteiger partial charge in [0.15, 0.2) is 0 Å². The quantitative estimate of drug-likeness (QED) is 0.597. The first-order valence-electron chi connectivity index (χ1n) is 5.61. The molecule has 0 fully saturated rings. The van der Waals surface area contributed by atoms with E-state index in [2.05, 4.69) is 33.8 Å². The Kier molecular flexibility index (Phi) is 3.77. The Morgan fingerprint density at radius 3 is 2.38 bits per heavy atom. The van der Waals surface area contributed by atoms with Crippen molar-refractivity contribution < 1.29 is 0 Å². The molecule has 0 radical (unpaired) electrons. The molecule has 0 amide bonds. The van der Waals surface area contributed by atoms with Gasteiger partial charge in [-0.15, -0.1) is 0 Å². The molecule has 0 heterocycles. The van der Waals surface area contributed by atoms with Gasteiger partial charge in [-0.25, -0.2) is 0 Å². The lowest BCUT2D eigenvalue weighted by molar-refractivity contribution is 0.562. The molecule has 0 aliphatic heterocycles. The normalized spacial score (nSPS) is 23.4. The van der Waals surface area contributed by atoms with Crippen LogP contribution in [0, 0.1) is 5.92 Å². The van der Waals surface area contributed by atoms with Gasteiger partial charge < -0.3 is 0 Å². The summed E-state index contributed by atoms with van der Waals surface area (Å²) in [4.78, 5) is 0. The van der Waals surface area contributed by atoms with Gasteiger partial charge in [-0.1, -0.05) is 38.0 Å². The number of rotatable bonds is 3. The Morgan fingerprint density at radius 2 is 1.92 bits per heavy atom. The van der Waals surface area contributed by atoms with Crippen molar-refractivity contribution in [3.63, 3.8) is 0 Å². The van der Waals surface area contributed by atoms with Gasteiger partial charge in [0, 0.05) is 0 Å². The summed E-state index contributed by atoms with van der Waals surface area (Å²) in [5.41, 5.74) is 4.89. The third-order valence-corrected chi connectivity index (χ3v) is 3.29. The van der Waals surface area contributed by atoms with E-state index in [4.69, 9.17) is 0 Å². The third kappa shape index (κ3) is 2.24. The molecule has 0 aromatic heterocycles. The van der Waals surface area contributed by atoms with Crippen LogP contribution < -0.4 is 0 Å². The lowest BCUT2D eigenvalue weighted by Crippen LogP contribution is -2.08. The third-order valence-electron chi connectivity index (χ3n) is 3.29. The molecule has 1 aliphatic rings. The molecule has 0 bridgehead atoms. The number of hydrogen-bond acceptors (Lipinski definition) is 0. The van der Waals surface area contributed by atoms with Gasteiger partial charge in [-0.2, -0.15) is 0 Å². The summed E-state index contributed by atoms with van der Waals surface area (Å²) in [6, 6.07) is 0. The summed E-state index contributed by atoms with van der Waals surface area (Å²) in [6.07, 6.45) is 7.48. The fourth-order valence-electron chi connectivity index (χ4n) is 2.27. The van der Waals surface area contributed by atoms with E-state index >= 15 is 0 Å². The van der Waals surface area contributed by atoms with Crippen LogP contribution in [0.1, 0.15) is 53.4 Å². The number of hydrogen-bond donors (Lipinski definition) is 0. The van der Waals surface area contributed by atoms with E-state index in [0.717, 1.165) is 5.92 Å². The van der Waals surface area contributed by atoms with E-state index in [-0.39, 0.29) is 0 Å². The van der Waals surface area contributed by atoms with Crippen molar-refractivity contribution in [1.29, 1.82) is 0 Å². The predicted octanol–water partition coefficient (Wildman–Crippen LogP) is 4.48. The van der Waals surface area contributed by atoms with Crippen LogP contribution in [0.25, 0.3) is 0 Å². The van der Waals surface area contributed by atoms with Crippen LogP contribution >= 0.6 is 0 Å². The molecule has 1 atom stereocenters. The Morgan fingerprint density at radius 1 is 1.23 bits per heavy atom. The molecule has 1 rings (SSSR count). The van der Waals surface area contributed by atoms with E-state index in [1.165, 1.54) is 25.7 Å². The predicted molar refractivity (Wildman–Crippen MR) is 59.8 cm³/mol. The lowest BCUT2D eigenvalue weighted by atomic mass is 9.81. The van der Waals surface area contributed by atoms with Crippen LogP contribution in [-0.2, 0) is 0 Å². The monoisotopic (exact) mass is 178 g/mol. The fraction of sp³-hybridized carbons (Fsp3) is 0.692. The van der Waals surface area contributed by atoms with Crippen LogP contribution in [0.5, 0.6) is 0 Å². The van der Waals surface area contributed by atoms with E-state index in [1.54, 1.807) is 16.7 Å². The molecule has 74 valence electrons. The Hall–Kier alpha value is -0.520. The zero-order valence-electron chi connectivity index (χ0n) is 9.48. The second-order valence-corrected chi connectivity index (χ2v) is 4.03. The minimum atomic E-state index is 0.824. The largest absolute Gasteiger partial charge is 0.0696 e. The molecule has 0 aromatic carbocycles. The summed E-state index contributed by atoms with van der Waals surface area (Å²) in [7, 11) is 0. The van der Waals surface area contributed by atoms with Crippen molar-refractivity contribution in [1.82, 2.24) is 0 Å². The maximum Gasteiger partial charge on any atom is -0.0168 e. The van der Waals surface area contributed by atoms with Gasteiger partial charge in [0.05, 0.1) is 0 Å². The van der Waals surface area contributed by atoms with Crippen molar-refractivity contribution in [2.75, 3.05) is 0 Å². The maximum absolute atomic E-state index is 2.43. The van der Waals surface area contributed by atoms with E-state index in [1.807, 2.05) is 0 Å². The van der Waals surface area contributed by atoms with Crippen LogP contribution in [0.2, 0.25) is 0 Å². The van der Waals surface area contributed by atoms with Gasteiger partial charge in [-0.3, -0.25) is 0 Å². The SMILES string of the molecule is CCC1=C(CC)CC(CC)C(C)=C1. The lowest BCUT2D eigenvalue weighted by Gasteiger charge is -2.24. The van der Waals surface area contributed by atoms with Crippen LogP contribution in [0.15, 0.2) is 22.8 Å². The van der Waals surface area contributed by atoms with Gasteiger partial charge in [0.25, 0.3) is 0 Å². The zero-order chi connectivity index (χ0) is 9.84. The zero-order valence-corrected chi connectivity index (χ0v) is 9.48. The van der Waals surface area contributed by atoms with E-state index in [0.29, 0.717) is 0 Å². The first-order valence-corrected chi connectivity index (χ1v) is 5.61. The summed E-state index contributed by atoms with van der Waals surface area (Å²) in [6.45, 7) is 9.13. The highest BCUT2D eigenvalue weighted by Gasteiger charge is 2.17. The molecule has 0 heteroatoms. The van der Waals surface area contributed by atoms with Crippen molar-refractivity contribution in [3.05, 3.63) is 22.8 Å².